The number of rotatable bonds is 4. The van der Waals surface area contributed by atoms with Gasteiger partial charge >= 0.3 is 0 Å². The van der Waals surface area contributed by atoms with Crippen molar-refractivity contribution in [2.24, 2.45) is 0 Å². The number of hydrogen-bond donors (Lipinski definition) is 1. The molecule has 2 aromatic rings. The van der Waals surface area contributed by atoms with E-state index in [2.05, 4.69) is 17.4 Å². The quantitative estimate of drug-likeness (QED) is 0.867. The number of hydrogen-bond acceptors (Lipinski definition) is 2. The molecule has 0 spiro atoms. The van der Waals surface area contributed by atoms with Crippen LogP contribution in [0.3, 0.4) is 0 Å². The van der Waals surface area contributed by atoms with E-state index < -0.39 is 0 Å². The van der Waals surface area contributed by atoms with Crippen LogP contribution in [0.1, 0.15) is 22.7 Å². The molecule has 1 aliphatic carbocycles. The Kier molecular flexibility index (Phi) is 4.13. The highest BCUT2D eigenvalue weighted by Gasteiger charge is 2.30. The highest BCUT2D eigenvalue weighted by Crippen LogP contribution is 2.34. The molecule has 0 amide bonds. The van der Waals surface area contributed by atoms with Crippen LogP contribution < -0.4 is 10.1 Å². The van der Waals surface area contributed by atoms with E-state index in [0.29, 0.717) is 6.54 Å². The second-order valence-corrected chi connectivity index (χ2v) is 5.81. The van der Waals surface area contributed by atoms with Crippen molar-refractivity contribution in [3.63, 3.8) is 0 Å². The van der Waals surface area contributed by atoms with E-state index in [1.165, 1.54) is 24.3 Å². The lowest BCUT2D eigenvalue weighted by Gasteiger charge is -2.17. The molecule has 0 aromatic heterocycles. The van der Waals surface area contributed by atoms with Crippen LogP contribution in [-0.4, -0.2) is 12.5 Å². The Labute approximate surface area is 128 Å². The summed E-state index contributed by atoms with van der Waals surface area (Å²) >= 11 is 6.43. The van der Waals surface area contributed by atoms with Gasteiger partial charge in [-0.2, -0.15) is 0 Å². The average Bonchev–Trinajstić information content (AvgIpc) is 2.81. The van der Waals surface area contributed by atoms with Crippen LogP contribution in [0.15, 0.2) is 42.5 Å². The van der Waals surface area contributed by atoms with Gasteiger partial charge in [-0.3, -0.25) is 0 Å². The number of ether oxygens (including phenoxy) is 1. The number of halogens is 2. The third-order valence-corrected chi connectivity index (χ3v) is 4.32. The second kappa shape index (κ2) is 6.04. The summed E-state index contributed by atoms with van der Waals surface area (Å²) in [6.07, 6.45) is 0.867. The molecule has 2 unspecified atom stereocenters. The molecule has 2 nitrogen and oxygen atoms in total. The summed E-state index contributed by atoms with van der Waals surface area (Å²) in [5.74, 6) is -0.0776. The van der Waals surface area contributed by atoms with Crippen molar-refractivity contribution in [1.29, 1.82) is 0 Å². The lowest BCUT2D eigenvalue weighted by molar-refractivity contribution is 0.386. The molecule has 4 heteroatoms. The number of methoxy groups -OCH3 is 1. The topological polar surface area (TPSA) is 21.3 Å². The summed E-state index contributed by atoms with van der Waals surface area (Å²) in [5, 5.41) is 3.46. The normalized spacial score (nSPS) is 20.3. The number of alkyl halides is 1. The molecular weight excluding hydrogens is 289 g/mol. The molecule has 1 aliphatic rings. The van der Waals surface area contributed by atoms with Crippen LogP contribution in [0.2, 0.25) is 0 Å². The zero-order valence-electron chi connectivity index (χ0n) is 11.8. The van der Waals surface area contributed by atoms with Crippen molar-refractivity contribution in [3.8, 4) is 5.75 Å². The first-order valence-corrected chi connectivity index (χ1v) is 7.40. The number of nitrogens with one attached hydrogen (secondary N) is 1. The van der Waals surface area contributed by atoms with E-state index in [-0.39, 0.29) is 23.0 Å². The Morgan fingerprint density at radius 3 is 2.86 bits per heavy atom. The van der Waals surface area contributed by atoms with E-state index in [1.807, 2.05) is 18.2 Å². The van der Waals surface area contributed by atoms with Crippen LogP contribution in [0.5, 0.6) is 5.75 Å². The minimum atomic E-state index is -0.342. The first kappa shape index (κ1) is 14.4. The molecule has 0 bridgehead atoms. The molecule has 0 heterocycles. The monoisotopic (exact) mass is 305 g/mol. The van der Waals surface area contributed by atoms with Gasteiger partial charge in [0.1, 0.15) is 0 Å². The Morgan fingerprint density at radius 2 is 2.10 bits per heavy atom. The van der Waals surface area contributed by atoms with Crippen molar-refractivity contribution in [1.82, 2.24) is 5.32 Å². The highest BCUT2D eigenvalue weighted by atomic mass is 35.5. The smallest absolute Gasteiger partial charge is 0.165 e. The molecular formula is C17H17ClFNO. The van der Waals surface area contributed by atoms with Gasteiger partial charge in [-0.15, -0.1) is 11.6 Å². The molecule has 2 atom stereocenters. The summed E-state index contributed by atoms with van der Waals surface area (Å²) < 4.78 is 18.6. The van der Waals surface area contributed by atoms with Crippen LogP contribution in [0, 0.1) is 5.82 Å². The maximum absolute atomic E-state index is 13.7. The molecule has 0 saturated heterocycles. The summed E-state index contributed by atoms with van der Waals surface area (Å²) in [5.41, 5.74) is 3.41. The third-order valence-electron chi connectivity index (χ3n) is 3.91. The first-order chi connectivity index (χ1) is 10.2. The fraction of sp³-hybridized carbons (Fsp3) is 0.294. The SMILES string of the molecule is COc1ccc(CNC2c3ccccc3CC2Cl)cc1F. The summed E-state index contributed by atoms with van der Waals surface area (Å²) in [7, 11) is 1.46. The minimum Gasteiger partial charge on any atom is -0.494 e. The highest BCUT2D eigenvalue weighted by molar-refractivity contribution is 6.21. The van der Waals surface area contributed by atoms with Crippen LogP contribution >= 0.6 is 11.6 Å². The average molecular weight is 306 g/mol. The van der Waals surface area contributed by atoms with Crippen molar-refractivity contribution in [2.45, 2.75) is 24.4 Å². The zero-order valence-corrected chi connectivity index (χ0v) is 12.5. The molecule has 3 rings (SSSR count). The van der Waals surface area contributed by atoms with Crippen molar-refractivity contribution < 1.29 is 9.13 Å². The molecule has 0 saturated carbocycles. The van der Waals surface area contributed by atoms with Gasteiger partial charge in [0.25, 0.3) is 0 Å². The molecule has 0 fully saturated rings. The lowest BCUT2D eigenvalue weighted by atomic mass is 10.1. The molecule has 1 N–H and O–H groups in total. The van der Waals surface area contributed by atoms with Crippen molar-refractivity contribution >= 4 is 11.6 Å². The standard InChI is InChI=1S/C17H17ClFNO/c1-21-16-7-6-11(8-15(16)19)10-20-17-13-5-3-2-4-12(13)9-14(17)18/h2-8,14,17,20H,9-10H2,1H3. The van der Waals surface area contributed by atoms with Crippen molar-refractivity contribution in [3.05, 3.63) is 65.0 Å². The second-order valence-electron chi connectivity index (χ2n) is 5.25. The number of fused-ring (bicyclic) bond motifs is 1. The Morgan fingerprint density at radius 1 is 1.29 bits per heavy atom. The van der Waals surface area contributed by atoms with E-state index in [9.17, 15) is 4.39 Å². The fourth-order valence-electron chi connectivity index (χ4n) is 2.83. The first-order valence-electron chi connectivity index (χ1n) is 6.96. The maximum atomic E-state index is 13.7. The third kappa shape index (κ3) is 2.89. The van der Waals surface area contributed by atoms with Crippen LogP contribution in [0.25, 0.3) is 0 Å². The summed E-state index contributed by atoms with van der Waals surface area (Å²) in [6, 6.07) is 13.4. The number of benzene rings is 2. The van der Waals surface area contributed by atoms with Gasteiger partial charge in [-0.1, -0.05) is 30.3 Å². The van der Waals surface area contributed by atoms with E-state index >= 15 is 0 Å². The van der Waals surface area contributed by atoms with E-state index in [1.54, 1.807) is 6.07 Å². The van der Waals surface area contributed by atoms with E-state index in [4.69, 9.17) is 16.3 Å². The van der Waals surface area contributed by atoms with Crippen LogP contribution in [-0.2, 0) is 13.0 Å². The Hall–Kier alpha value is -1.58. The molecule has 110 valence electrons. The zero-order chi connectivity index (χ0) is 14.8. The van der Waals surface area contributed by atoms with Gasteiger partial charge in [0.05, 0.1) is 12.5 Å². The predicted octanol–water partition coefficient (Wildman–Crippen LogP) is 3.83. The predicted molar refractivity (Wildman–Crippen MR) is 82.3 cm³/mol. The maximum Gasteiger partial charge on any atom is 0.165 e. The summed E-state index contributed by atoms with van der Waals surface area (Å²) in [6.45, 7) is 0.573. The van der Waals surface area contributed by atoms with Crippen molar-refractivity contribution in [2.75, 3.05) is 7.11 Å². The fourth-order valence-corrected chi connectivity index (χ4v) is 3.22. The van der Waals surface area contributed by atoms with Crippen LogP contribution in [0.4, 0.5) is 4.39 Å². The van der Waals surface area contributed by atoms with E-state index in [0.717, 1.165) is 12.0 Å². The summed E-state index contributed by atoms with van der Waals surface area (Å²) in [4.78, 5) is 0. The lowest BCUT2D eigenvalue weighted by Crippen LogP contribution is -2.25. The molecule has 0 radical (unpaired) electrons. The Balaban J connectivity index is 1.72. The van der Waals surface area contributed by atoms with Gasteiger partial charge in [0.15, 0.2) is 11.6 Å². The van der Waals surface area contributed by atoms with Gasteiger partial charge in [-0.25, -0.2) is 4.39 Å². The molecule has 2 aromatic carbocycles. The van der Waals surface area contributed by atoms with Gasteiger partial charge in [0, 0.05) is 12.6 Å². The Bertz CT molecular complexity index is 646. The van der Waals surface area contributed by atoms with Gasteiger partial charge in [-0.05, 0) is 35.2 Å². The van der Waals surface area contributed by atoms with Gasteiger partial charge in [0.2, 0.25) is 0 Å². The minimum absolute atomic E-state index is 0.0329. The molecule has 0 aliphatic heterocycles. The largest absolute Gasteiger partial charge is 0.494 e. The molecule has 21 heavy (non-hydrogen) atoms. The van der Waals surface area contributed by atoms with Gasteiger partial charge < -0.3 is 10.1 Å².